The van der Waals surface area contributed by atoms with Crippen LogP contribution in [0.15, 0.2) is 41.8 Å². The van der Waals surface area contributed by atoms with Crippen molar-refractivity contribution in [1.82, 2.24) is 0 Å². The van der Waals surface area contributed by atoms with Gasteiger partial charge < -0.3 is 14.2 Å². The van der Waals surface area contributed by atoms with Gasteiger partial charge in [0.05, 0.1) is 20.1 Å². The quantitative estimate of drug-likeness (QED) is 0.737. The molecule has 1 atom stereocenters. The van der Waals surface area contributed by atoms with Crippen LogP contribution in [0.1, 0.15) is 4.88 Å². The summed E-state index contributed by atoms with van der Waals surface area (Å²) in [5.41, 5.74) is 0. The molecule has 0 amide bonds. The van der Waals surface area contributed by atoms with Crippen LogP contribution >= 0.6 is 11.3 Å². The van der Waals surface area contributed by atoms with Crippen LogP contribution in [0.4, 0.5) is 0 Å². The number of thiophene rings is 1. The summed E-state index contributed by atoms with van der Waals surface area (Å²) in [7, 11) is 2.98. The minimum atomic E-state index is -0.335. The average Bonchev–Trinajstić information content (AvgIpc) is 3.04. The first-order chi connectivity index (χ1) is 10.2. The van der Waals surface area contributed by atoms with Crippen LogP contribution in [0, 0.1) is 5.92 Å². The summed E-state index contributed by atoms with van der Waals surface area (Å²) in [5, 5.41) is 1.99. The molecule has 0 aliphatic heterocycles. The van der Waals surface area contributed by atoms with Gasteiger partial charge in [0.1, 0.15) is 6.61 Å². The second kappa shape index (κ2) is 7.69. The molecule has 0 N–H and O–H groups in total. The number of para-hydroxylation sites is 2. The summed E-state index contributed by atoms with van der Waals surface area (Å²) in [6.45, 7) is 0.255. The number of benzene rings is 1. The predicted molar refractivity (Wildman–Crippen MR) is 82.0 cm³/mol. The molecule has 0 fully saturated rings. The lowest BCUT2D eigenvalue weighted by molar-refractivity contribution is -0.146. The average molecular weight is 306 g/mol. The first-order valence-electron chi connectivity index (χ1n) is 6.60. The predicted octanol–water partition coefficient (Wildman–Crippen LogP) is 3.17. The van der Waals surface area contributed by atoms with Gasteiger partial charge in [-0.05, 0) is 30.0 Å². The monoisotopic (exact) mass is 306 g/mol. The van der Waals surface area contributed by atoms with E-state index in [2.05, 4.69) is 0 Å². The summed E-state index contributed by atoms with van der Waals surface area (Å²) in [6, 6.07) is 11.3. The van der Waals surface area contributed by atoms with Gasteiger partial charge in [0.25, 0.3) is 0 Å². The second-order valence-corrected chi connectivity index (χ2v) is 5.50. The van der Waals surface area contributed by atoms with E-state index in [1.54, 1.807) is 18.4 Å². The van der Waals surface area contributed by atoms with Crippen LogP contribution in [0.25, 0.3) is 0 Å². The number of rotatable bonds is 7. The molecule has 1 heterocycles. The van der Waals surface area contributed by atoms with Gasteiger partial charge in [-0.2, -0.15) is 0 Å². The molecule has 4 nitrogen and oxygen atoms in total. The van der Waals surface area contributed by atoms with E-state index < -0.39 is 0 Å². The molecule has 0 saturated carbocycles. The van der Waals surface area contributed by atoms with Gasteiger partial charge in [0, 0.05) is 4.88 Å². The molecule has 0 aliphatic rings. The third-order valence-corrected chi connectivity index (χ3v) is 3.97. The molecule has 0 radical (unpaired) electrons. The SMILES string of the molecule is COC(=O)C(COc1ccccc1OC)Cc1cccs1. The van der Waals surface area contributed by atoms with Crippen molar-refractivity contribution in [3.63, 3.8) is 0 Å². The van der Waals surface area contributed by atoms with Crippen molar-refractivity contribution >= 4 is 17.3 Å². The second-order valence-electron chi connectivity index (χ2n) is 4.47. The Labute approximate surface area is 128 Å². The summed E-state index contributed by atoms with van der Waals surface area (Å²) in [5.74, 6) is 0.675. The molecule has 2 aromatic rings. The third-order valence-electron chi connectivity index (χ3n) is 3.07. The molecular formula is C16H18O4S. The Morgan fingerprint density at radius 1 is 1.14 bits per heavy atom. The number of esters is 1. The maximum Gasteiger partial charge on any atom is 0.312 e. The van der Waals surface area contributed by atoms with Crippen molar-refractivity contribution in [3.05, 3.63) is 46.7 Å². The molecule has 2 rings (SSSR count). The van der Waals surface area contributed by atoms with Gasteiger partial charge in [-0.1, -0.05) is 18.2 Å². The van der Waals surface area contributed by atoms with Gasteiger partial charge >= 0.3 is 5.97 Å². The van der Waals surface area contributed by atoms with Gasteiger partial charge in [-0.3, -0.25) is 4.79 Å². The van der Waals surface area contributed by atoms with Crippen LogP contribution in [-0.2, 0) is 16.0 Å². The van der Waals surface area contributed by atoms with E-state index in [-0.39, 0.29) is 18.5 Å². The molecule has 21 heavy (non-hydrogen) atoms. The topological polar surface area (TPSA) is 44.8 Å². The Balaban J connectivity index is 2.03. The molecule has 1 aromatic heterocycles. The highest BCUT2D eigenvalue weighted by atomic mass is 32.1. The fraction of sp³-hybridized carbons (Fsp3) is 0.312. The van der Waals surface area contributed by atoms with Crippen LogP contribution in [-0.4, -0.2) is 26.8 Å². The zero-order valence-corrected chi connectivity index (χ0v) is 12.9. The Bertz CT molecular complexity index is 565. The third kappa shape index (κ3) is 4.23. The molecule has 1 unspecified atom stereocenters. The lowest BCUT2D eigenvalue weighted by atomic mass is 10.1. The Morgan fingerprint density at radius 3 is 2.52 bits per heavy atom. The first kappa shape index (κ1) is 15.4. The van der Waals surface area contributed by atoms with E-state index in [1.165, 1.54) is 7.11 Å². The number of ether oxygens (including phenoxy) is 3. The van der Waals surface area contributed by atoms with Crippen molar-refractivity contribution in [2.24, 2.45) is 5.92 Å². The largest absolute Gasteiger partial charge is 0.493 e. The standard InChI is InChI=1S/C16H18O4S/c1-18-14-7-3-4-8-15(14)20-11-12(16(17)19-2)10-13-6-5-9-21-13/h3-9,12H,10-11H2,1-2H3. The summed E-state index contributed by atoms with van der Waals surface area (Å²) in [4.78, 5) is 13.0. The first-order valence-corrected chi connectivity index (χ1v) is 7.48. The lowest BCUT2D eigenvalue weighted by Gasteiger charge is -2.16. The van der Waals surface area contributed by atoms with Gasteiger partial charge in [0.2, 0.25) is 0 Å². The van der Waals surface area contributed by atoms with E-state index in [9.17, 15) is 4.79 Å². The van der Waals surface area contributed by atoms with Crippen LogP contribution < -0.4 is 9.47 Å². The number of hydrogen-bond acceptors (Lipinski definition) is 5. The molecule has 0 saturated heterocycles. The molecule has 1 aromatic carbocycles. The minimum absolute atomic E-state index is 0.255. The number of carbonyl (C=O) groups is 1. The highest BCUT2D eigenvalue weighted by Gasteiger charge is 2.21. The van der Waals surface area contributed by atoms with Crippen molar-refractivity contribution in [3.8, 4) is 11.5 Å². The van der Waals surface area contributed by atoms with Crippen LogP contribution in [0.5, 0.6) is 11.5 Å². The Morgan fingerprint density at radius 2 is 1.90 bits per heavy atom. The summed E-state index contributed by atoms with van der Waals surface area (Å²) in [6.07, 6.45) is 0.611. The molecule has 0 bridgehead atoms. The minimum Gasteiger partial charge on any atom is -0.493 e. The van der Waals surface area contributed by atoms with E-state index in [0.717, 1.165) is 4.88 Å². The normalized spacial score (nSPS) is 11.7. The van der Waals surface area contributed by atoms with E-state index >= 15 is 0 Å². The highest BCUT2D eigenvalue weighted by molar-refractivity contribution is 7.09. The molecule has 0 spiro atoms. The molecule has 112 valence electrons. The van der Waals surface area contributed by atoms with Gasteiger partial charge in [0.15, 0.2) is 11.5 Å². The fourth-order valence-electron chi connectivity index (χ4n) is 1.98. The maximum absolute atomic E-state index is 11.9. The summed E-state index contributed by atoms with van der Waals surface area (Å²) < 4.78 is 15.8. The van der Waals surface area contributed by atoms with E-state index in [0.29, 0.717) is 17.9 Å². The zero-order chi connectivity index (χ0) is 15.1. The number of carbonyl (C=O) groups excluding carboxylic acids is 1. The molecule has 5 heteroatoms. The van der Waals surface area contributed by atoms with Crippen LogP contribution in [0.3, 0.4) is 0 Å². The smallest absolute Gasteiger partial charge is 0.312 e. The summed E-state index contributed by atoms with van der Waals surface area (Å²) >= 11 is 1.62. The van der Waals surface area contributed by atoms with Crippen molar-refractivity contribution < 1.29 is 19.0 Å². The number of methoxy groups -OCH3 is 2. The van der Waals surface area contributed by atoms with Gasteiger partial charge in [-0.15, -0.1) is 11.3 Å². The maximum atomic E-state index is 11.9. The number of hydrogen-bond donors (Lipinski definition) is 0. The highest BCUT2D eigenvalue weighted by Crippen LogP contribution is 2.27. The fourth-order valence-corrected chi connectivity index (χ4v) is 2.76. The Hall–Kier alpha value is -2.01. The van der Waals surface area contributed by atoms with Gasteiger partial charge in [-0.25, -0.2) is 0 Å². The van der Waals surface area contributed by atoms with Crippen molar-refractivity contribution in [2.45, 2.75) is 6.42 Å². The van der Waals surface area contributed by atoms with Crippen molar-refractivity contribution in [1.29, 1.82) is 0 Å². The van der Waals surface area contributed by atoms with Crippen molar-refractivity contribution in [2.75, 3.05) is 20.8 Å². The van der Waals surface area contributed by atoms with E-state index in [4.69, 9.17) is 14.2 Å². The molecular weight excluding hydrogens is 288 g/mol. The lowest BCUT2D eigenvalue weighted by Crippen LogP contribution is -2.25. The van der Waals surface area contributed by atoms with E-state index in [1.807, 2.05) is 41.8 Å². The molecule has 0 aliphatic carbocycles. The zero-order valence-electron chi connectivity index (χ0n) is 12.1. The Kier molecular flexibility index (Phi) is 5.63. The van der Waals surface area contributed by atoms with Crippen LogP contribution in [0.2, 0.25) is 0 Å².